The summed E-state index contributed by atoms with van der Waals surface area (Å²) in [6.45, 7) is 2.97. The molecule has 38 heavy (non-hydrogen) atoms. The van der Waals surface area contributed by atoms with Gasteiger partial charge in [-0.2, -0.15) is 0 Å². The van der Waals surface area contributed by atoms with Crippen molar-refractivity contribution in [3.63, 3.8) is 0 Å². The maximum absolute atomic E-state index is 14.9. The maximum atomic E-state index is 14.9. The number of hydrogen-bond acceptors (Lipinski definition) is 8. The van der Waals surface area contributed by atoms with Crippen LogP contribution in [0.25, 0.3) is 11.2 Å². The molecule has 2 atom stereocenters. The van der Waals surface area contributed by atoms with Crippen LogP contribution in [0.5, 0.6) is 17.2 Å². The molecule has 0 amide bonds. The molecular weight excluding hydrogens is 487 g/mol. The Morgan fingerprint density at radius 2 is 1.63 bits per heavy atom. The van der Waals surface area contributed by atoms with E-state index in [2.05, 4.69) is 37.3 Å². The van der Waals surface area contributed by atoms with Crippen LogP contribution in [0.15, 0.2) is 42.7 Å². The van der Waals surface area contributed by atoms with Crippen LogP contribution in [-0.4, -0.2) is 52.5 Å². The van der Waals surface area contributed by atoms with Gasteiger partial charge in [0.1, 0.15) is 29.7 Å². The molecule has 0 aliphatic heterocycles. The molecule has 4 aromatic rings. The second-order valence-electron chi connectivity index (χ2n) is 9.62. The van der Waals surface area contributed by atoms with Crippen molar-refractivity contribution in [2.45, 2.75) is 57.9 Å². The first-order valence-corrected chi connectivity index (χ1v) is 12.8. The van der Waals surface area contributed by atoms with Crippen molar-refractivity contribution < 1.29 is 18.6 Å². The van der Waals surface area contributed by atoms with Gasteiger partial charge in [-0.25, -0.2) is 19.0 Å². The van der Waals surface area contributed by atoms with Crippen LogP contribution >= 0.6 is 0 Å². The van der Waals surface area contributed by atoms with Crippen LogP contribution in [0.1, 0.15) is 48.4 Å². The predicted molar refractivity (Wildman–Crippen MR) is 143 cm³/mol. The number of hydrogen-bond donors (Lipinski definition) is 0. The Morgan fingerprint density at radius 3 is 2.34 bits per heavy atom. The molecule has 2 heterocycles. The number of aromatic nitrogens is 5. The Hall–Kier alpha value is -3.95. The third-order valence-corrected chi connectivity index (χ3v) is 7.16. The van der Waals surface area contributed by atoms with Crippen molar-refractivity contribution >= 4 is 17.0 Å². The molecule has 200 valence electrons. The minimum absolute atomic E-state index is 0.371. The number of anilines is 1. The van der Waals surface area contributed by atoms with Gasteiger partial charge in [-0.3, -0.25) is 0 Å². The molecule has 2 aromatic heterocycles. The van der Waals surface area contributed by atoms with E-state index in [9.17, 15) is 4.39 Å². The van der Waals surface area contributed by atoms with Gasteiger partial charge in [0.15, 0.2) is 17.0 Å². The van der Waals surface area contributed by atoms with Crippen LogP contribution in [0.2, 0.25) is 0 Å². The molecule has 1 fully saturated rings. The van der Waals surface area contributed by atoms with Crippen molar-refractivity contribution in [3.8, 4) is 17.2 Å². The van der Waals surface area contributed by atoms with Gasteiger partial charge >= 0.3 is 0 Å². The average molecular weight is 521 g/mol. The van der Waals surface area contributed by atoms with Gasteiger partial charge < -0.3 is 19.1 Å². The topological polar surface area (TPSA) is 87.4 Å². The van der Waals surface area contributed by atoms with E-state index in [0.717, 1.165) is 35.3 Å². The van der Waals surface area contributed by atoms with E-state index in [4.69, 9.17) is 14.2 Å². The monoisotopic (exact) mass is 520 g/mol. The normalized spacial score (nSPS) is 17.4. The molecule has 1 aliphatic rings. The number of benzene rings is 2. The molecule has 10 heteroatoms. The number of halogens is 1. The van der Waals surface area contributed by atoms with Gasteiger partial charge in [-0.1, -0.05) is 30.2 Å². The average Bonchev–Trinajstić information content (AvgIpc) is 3.38. The van der Waals surface area contributed by atoms with E-state index < -0.39 is 6.17 Å². The van der Waals surface area contributed by atoms with Crippen LogP contribution in [0.3, 0.4) is 0 Å². The van der Waals surface area contributed by atoms with Gasteiger partial charge in [0.25, 0.3) is 0 Å². The summed E-state index contributed by atoms with van der Waals surface area (Å²) in [6, 6.07) is 11.5. The zero-order chi connectivity index (χ0) is 26.6. The van der Waals surface area contributed by atoms with Crippen LogP contribution in [-0.2, 0) is 13.1 Å². The van der Waals surface area contributed by atoms with Gasteiger partial charge in [-0.15, -0.1) is 5.10 Å². The number of methoxy groups -OCH3 is 3. The van der Waals surface area contributed by atoms with Crippen LogP contribution in [0, 0.1) is 6.92 Å². The Bertz CT molecular complexity index is 1410. The minimum atomic E-state index is -0.969. The summed E-state index contributed by atoms with van der Waals surface area (Å²) >= 11 is 0. The standard InChI is InChI=1S/C28H33FN6O3/c1-18-9-10-19(24(13-18)37-3)15-34(16-20-11-12-21(36-2)14-25(20)38-4)27-26-28(31-17-30-27)35(33-32-26)23-8-6-5-7-22(23)29/h9-14,17,22-23H,5-8,15-16H2,1-4H3. The van der Waals surface area contributed by atoms with E-state index in [-0.39, 0.29) is 6.04 Å². The second-order valence-corrected chi connectivity index (χ2v) is 9.62. The number of aryl methyl sites for hydroxylation is 1. The minimum Gasteiger partial charge on any atom is -0.497 e. The lowest BCUT2D eigenvalue weighted by atomic mass is 9.94. The van der Waals surface area contributed by atoms with Crippen LogP contribution in [0.4, 0.5) is 10.2 Å². The summed E-state index contributed by atoms with van der Waals surface area (Å²) in [6.07, 6.45) is 3.62. The van der Waals surface area contributed by atoms with Gasteiger partial charge in [-0.05, 0) is 43.5 Å². The van der Waals surface area contributed by atoms with Crippen molar-refractivity contribution in [2.24, 2.45) is 0 Å². The molecule has 0 saturated heterocycles. The first-order valence-electron chi connectivity index (χ1n) is 12.8. The Balaban J connectivity index is 1.59. The summed E-state index contributed by atoms with van der Waals surface area (Å²) in [5, 5.41) is 8.82. The summed E-state index contributed by atoms with van der Waals surface area (Å²) in [5.41, 5.74) is 4.10. The third-order valence-electron chi connectivity index (χ3n) is 7.16. The molecule has 1 aliphatic carbocycles. The first kappa shape index (κ1) is 25.7. The fourth-order valence-electron chi connectivity index (χ4n) is 5.13. The van der Waals surface area contributed by atoms with Gasteiger partial charge in [0, 0.05) is 30.3 Å². The third kappa shape index (κ3) is 5.07. The second kappa shape index (κ2) is 11.2. The number of rotatable bonds is 9. The lowest BCUT2D eigenvalue weighted by Crippen LogP contribution is -2.26. The van der Waals surface area contributed by atoms with Crippen LogP contribution < -0.4 is 19.1 Å². The fraction of sp³-hybridized carbons (Fsp3) is 0.429. The highest BCUT2D eigenvalue weighted by Crippen LogP contribution is 2.35. The number of nitrogens with zero attached hydrogens (tertiary/aromatic N) is 6. The molecular formula is C28H33FN6O3. The SMILES string of the molecule is COc1ccc(CN(Cc2ccc(C)cc2OC)c2ncnc3c2nnn3C2CCCCC2F)c(OC)c1. The molecule has 0 radical (unpaired) electrons. The van der Waals surface area contributed by atoms with E-state index >= 15 is 0 Å². The summed E-state index contributed by atoms with van der Waals surface area (Å²) in [7, 11) is 4.93. The molecule has 0 N–H and O–H groups in total. The quantitative estimate of drug-likeness (QED) is 0.297. The highest BCUT2D eigenvalue weighted by Gasteiger charge is 2.30. The zero-order valence-corrected chi connectivity index (χ0v) is 22.2. The van der Waals surface area contributed by atoms with E-state index in [1.165, 1.54) is 6.33 Å². The van der Waals surface area contributed by atoms with E-state index in [1.54, 1.807) is 26.0 Å². The largest absolute Gasteiger partial charge is 0.497 e. The van der Waals surface area contributed by atoms with Crippen molar-refractivity contribution in [1.29, 1.82) is 0 Å². The lowest BCUT2D eigenvalue weighted by molar-refractivity contribution is 0.161. The maximum Gasteiger partial charge on any atom is 0.184 e. The Morgan fingerprint density at radius 1 is 0.921 bits per heavy atom. The highest BCUT2D eigenvalue weighted by atomic mass is 19.1. The van der Waals surface area contributed by atoms with Gasteiger partial charge in [0.05, 0.1) is 27.4 Å². The number of fused-ring (bicyclic) bond motifs is 1. The summed E-state index contributed by atoms with van der Waals surface area (Å²) in [5.74, 6) is 2.79. The Labute approximate surface area is 221 Å². The number of alkyl halides is 1. The molecule has 0 bridgehead atoms. The predicted octanol–water partition coefficient (Wildman–Crippen LogP) is 5.22. The molecule has 9 nitrogen and oxygen atoms in total. The first-order chi connectivity index (χ1) is 18.5. The summed E-state index contributed by atoms with van der Waals surface area (Å²) in [4.78, 5) is 11.2. The number of ether oxygens (including phenoxy) is 3. The molecule has 2 aromatic carbocycles. The molecule has 5 rings (SSSR count). The van der Waals surface area contributed by atoms with Crippen molar-refractivity contribution in [2.75, 3.05) is 26.2 Å². The van der Waals surface area contributed by atoms with Crippen molar-refractivity contribution in [3.05, 3.63) is 59.4 Å². The smallest absolute Gasteiger partial charge is 0.184 e. The molecule has 0 spiro atoms. The molecule has 1 saturated carbocycles. The van der Waals surface area contributed by atoms with Crippen molar-refractivity contribution in [1.82, 2.24) is 25.0 Å². The lowest BCUT2D eigenvalue weighted by Gasteiger charge is -2.27. The van der Waals surface area contributed by atoms with E-state index in [0.29, 0.717) is 54.4 Å². The highest BCUT2D eigenvalue weighted by molar-refractivity contribution is 5.82. The summed E-state index contributed by atoms with van der Waals surface area (Å²) < 4.78 is 33.3. The Kier molecular flexibility index (Phi) is 7.57. The van der Waals surface area contributed by atoms with E-state index in [1.807, 2.05) is 31.2 Å². The van der Waals surface area contributed by atoms with Gasteiger partial charge in [0.2, 0.25) is 0 Å². The zero-order valence-electron chi connectivity index (χ0n) is 22.2. The molecule has 2 unspecified atom stereocenters. The fourth-order valence-corrected chi connectivity index (χ4v) is 5.13.